The third kappa shape index (κ3) is 5.47. The van der Waals surface area contributed by atoms with Gasteiger partial charge < -0.3 is 10.1 Å². The van der Waals surface area contributed by atoms with Crippen LogP contribution in [0.3, 0.4) is 0 Å². The van der Waals surface area contributed by atoms with E-state index in [-0.39, 0.29) is 36.1 Å². The number of amides is 3. The number of benzene rings is 3. The molecule has 4 rings (SSSR count). The van der Waals surface area contributed by atoms with Gasteiger partial charge in [-0.2, -0.15) is 0 Å². The van der Waals surface area contributed by atoms with E-state index in [9.17, 15) is 14.4 Å². The van der Waals surface area contributed by atoms with Crippen molar-refractivity contribution < 1.29 is 19.1 Å². The molecule has 168 valence electrons. The molecule has 2 unspecified atom stereocenters. The van der Waals surface area contributed by atoms with E-state index in [1.807, 2.05) is 73.7 Å². The number of carbonyl (C=O) groups is 3. The van der Waals surface area contributed by atoms with E-state index < -0.39 is 0 Å². The van der Waals surface area contributed by atoms with E-state index in [1.54, 1.807) is 12.1 Å². The SMILES string of the molecule is CCOc1ccc(C(NC(=O)c2ccc(CC3CC(=O)NC3=O)cc2)c2ccccc2)cc1. The molecule has 0 aliphatic carbocycles. The fourth-order valence-corrected chi connectivity index (χ4v) is 3.99. The Kier molecular flexibility index (Phi) is 6.83. The normalized spacial score (nSPS) is 16.2. The lowest BCUT2D eigenvalue weighted by Crippen LogP contribution is -2.29. The minimum atomic E-state index is -0.348. The number of hydrogen-bond acceptors (Lipinski definition) is 4. The first-order chi connectivity index (χ1) is 16.0. The fourth-order valence-electron chi connectivity index (χ4n) is 3.99. The van der Waals surface area contributed by atoms with Crippen LogP contribution in [0.25, 0.3) is 0 Å². The van der Waals surface area contributed by atoms with Crippen LogP contribution in [0.5, 0.6) is 5.75 Å². The van der Waals surface area contributed by atoms with Crippen molar-refractivity contribution in [1.29, 1.82) is 0 Å². The smallest absolute Gasteiger partial charge is 0.252 e. The van der Waals surface area contributed by atoms with Gasteiger partial charge in [-0.05, 0) is 54.3 Å². The van der Waals surface area contributed by atoms with Crippen LogP contribution in [0.2, 0.25) is 0 Å². The van der Waals surface area contributed by atoms with Crippen LogP contribution in [-0.4, -0.2) is 24.3 Å². The third-order valence-corrected chi connectivity index (χ3v) is 5.70. The lowest BCUT2D eigenvalue weighted by Gasteiger charge is -2.20. The van der Waals surface area contributed by atoms with Gasteiger partial charge in [0.05, 0.1) is 18.6 Å². The Morgan fingerprint density at radius 2 is 1.64 bits per heavy atom. The van der Waals surface area contributed by atoms with Gasteiger partial charge in [0.15, 0.2) is 0 Å². The van der Waals surface area contributed by atoms with Gasteiger partial charge >= 0.3 is 0 Å². The number of hydrogen-bond donors (Lipinski definition) is 2. The third-order valence-electron chi connectivity index (χ3n) is 5.70. The van der Waals surface area contributed by atoms with Gasteiger partial charge in [-0.25, -0.2) is 0 Å². The van der Waals surface area contributed by atoms with Crippen LogP contribution in [0.1, 0.15) is 46.4 Å². The molecule has 2 N–H and O–H groups in total. The van der Waals surface area contributed by atoms with E-state index >= 15 is 0 Å². The summed E-state index contributed by atoms with van der Waals surface area (Å²) < 4.78 is 5.54. The van der Waals surface area contributed by atoms with E-state index in [2.05, 4.69) is 10.6 Å². The van der Waals surface area contributed by atoms with Gasteiger partial charge in [-0.3, -0.25) is 19.7 Å². The minimum absolute atomic E-state index is 0.196. The Bertz CT molecular complexity index is 1130. The van der Waals surface area contributed by atoms with Crippen molar-refractivity contribution in [1.82, 2.24) is 10.6 Å². The molecule has 0 saturated carbocycles. The lowest BCUT2D eigenvalue weighted by atomic mass is 9.96. The molecule has 2 atom stereocenters. The van der Waals surface area contributed by atoms with Gasteiger partial charge in [-0.15, -0.1) is 0 Å². The first-order valence-electron chi connectivity index (χ1n) is 11.0. The Morgan fingerprint density at radius 3 is 2.24 bits per heavy atom. The van der Waals surface area contributed by atoms with Crippen LogP contribution in [-0.2, 0) is 16.0 Å². The second kappa shape index (κ2) is 10.1. The number of ether oxygens (including phenoxy) is 1. The van der Waals surface area contributed by atoms with E-state index in [4.69, 9.17) is 4.74 Å². The Morgan fingerprint density at radius 1 is 0.970 bits per heavy atom. The summed E-state index contributed by atoms with van der Waals surface area (Å²) in [6.07, 6.45) is 0.681. The van der Waals surface area contributed by atoms with Crippen molar-refractivity contribution in [3.05, 3.63) is 101 Å². The lowest BCUT2D eigenvalue weighted by molar-refractivity contribution is -0.125. The summed E-state index contributed by atoms with van der Waals surface area (Å²) in [6, 6.07) is 24.4. The molecule has 0 bridgehead atoms. The molecule has 3 aromatic rings. The van der Waals surface area contributed by atoms with Crippen molar-refractivity contribution in [2.24, 2.45) is 5.92 Å². The summed E-state index contributed by atoms with van der Waals surface area (Å²) in [6.45, 7) is 2.53. The molecule has 1 heterocycles. The zero-order valence-corrected chi connectivity index (χ0v) is 18.4. The van der Waals surface area contributed by atoms with Gasteiger partial charge in [0.25, 0.3) is 5.91 Å². The number of rotatable bonds is 8. The van der Waals surface area contributed by atoms with Gasteiger partial charge in [0.2, 0.25) is 11.8 Å². The molecule has 3 aromatic carbocycles. The topological polar surface area (TPSA) is 84.5 Å². The quantitative estimate of drug-likeness (QED) is 0.520. The molecule has 6 nitrogen and oxygen atoms in total. The van der Waals surface area contributed by atoms with E-state index in [1.165, 1.54) is 0 Å². The highest BCUT2D eigenvalue weighted by Gasteiger charge is 2.30. The van der Waals surface area contributed by atoms with Crippen molar-refractivity contribution in [2.75, 3.05) is 6.61 Å². The molecular formula is C27H26N2O4. The molecule has 1 fully saturated rings. The Hall–Kier alpha value is -3.93. The average molecular weight is 443 g/mol. The molecule has 1 saturated heterocycles. The number of nitrogens with one attached hydrogen (secondary N) is 2. The minimum Gasteiger partial charge on any atom is -0.494 e. The summed E-state index contributed by atoms with van der Waals surface area (Å²) in [5, 5.41) is 5.46. The molecule has 0 spiro atoms. The first-order valence-corrected chi connectivity index (χ1v) is 11.0. The summed E-state index contributed by atoms with van der Waals surface area (Å²) in [5.74, 6) is -0.227. The predicted molar refractivity (Wildman–Crippen MR) is 125 cm³/mol. The van der Waals surface area contributed by atoms with Crippen molar-refractivity contribution in [3.8, 4) is 5.75 Å². The zero-order chi connectivity index (χ0) is 23.2. The standard InChI is InChI=1S/C27H26N2O4/c1-2-33-23-14-12-20(13-15-23)25(19-6-4-3-5-7-19)29-26(31)21-10-8-18(9-11-21)16-22-17-24(30)28-27(22)32/h3-15,22,25H,2,16-17H2,1H3,(H,29,31)(H,28,30,32). The van der Waals surface area contributed by atoms with Gasteiger partial charge in [-0.1, -0.05) is 54.6 Å². The van der Waals surface area contributed by atoms with Crippen molar-refractivity contribution >= 4 is 17.7 Å². The highest BCUT2D eigenvalue weighted by atomic mass is 16.5. The van der Waals surface area contributed by atoms with Crippen molar-refractivity contribution in [2.45, 2.75) is 25.8 Å². The molecular weight excluding hydrogens is 416 g/mol. The predicted octanol–water partition coefficient (Wildman–Crippen LogP) is 3.81. The molecule has 33 heavy (non-hydrogen) atoms. The maximum absolute atomic E-state index is 13.1. The Labute approximate surface area is 193 Å². The zero-order valence-electron chi connectivity index (χ0n) is 18.4. The second-order valence-corrected chi connectivity index (χ2v) is 8.03. The van der Waals surface area contributed by atoms with Crippen LogP contribution in [0.4, 0.5) is 0 Å². The first kappa shape index (κ1) is 22.3. The molecule has 1 aliphatic heterocycles. The molecule has 6 heteroatoms. The van der Waals surface area contributed by atoms with Crippen LogP contribution in [0.15, 0.2) is 78.9 Å². The molecule has 0 aromatic heterocycles. The molecule has 1 aliphatic rings. The molecule has 0 radical (unpaired) electrons. The summed E-state index contributed by atoms with van der Waals surface area (Å²) in [5.41, 5.74) is 3.36. The second-order valence-electron chi connectivity index (χ2n) is 8.03. The summed E-state index contributed by atoms with van der Waals surface area (Å²) >= 11 is 0. The largest absolute Gasteiger partial charge is 0.494 e. The van der Waals surface area contributed by atoms with Gasteiger partial charge in [0.1, 0.15) is 5.75 Å². The highest BCUT2D eigenvalue weighted by Crippen LogP contribution is 2.25. The fraction of sp³-hybridized carbons (Fsp3) is 0.222. The molecule has 3 amide bonds. The highest BCUT2D eigenvalue weighted by molar-refractivity contribution is 6.03. The van der Waals surface area contributed by atoms with Crippen LogP contribution in [0, 0.1) is 5.92 Å². The maximum Gasteiger partial charge on any atom is 0.252 e. The van der Waals surface area contributed by atoms with Crippen LogP contribution >= 0.6 is 0 Å². The number of imide groups is 1. The summed E-state index contributed by atoms with van der Waals surface area (Å²) in [7, 11) is 0. The van der Waals surface area contributed by atoms with Crippen molar-refractivity contribution in [3.63, 3.8) is 0 Å². The van der Waals surface area contributed by atoms with E-state index in [0.717, 1.165) is 22.4 Å². The Balaban J connectivity index is 1.49. The summed E-state index contributed by atoms with van der Waals surface area (Å²) in [4.78, 5) is 36.3. The average Bonchev–Trinajstić information content (AvgIpc) is 3.15. The monoisotopic (exact) mass is 442 g/mol. The van der Waals surface area contributed by atoms with E-state index in [0.29, 0.717) is 18.6 Å². The van der Waals surface area contributed by atoms with Crippen LogP contribution < -0.4 is 15.4 Å². The maximum atomic E-state index is 13.1. The van der Waals surface area contributed by atoms with Gasteiger partial charge in [0, 0.05) is 12.0 Å². The number of carbonyl (C=O) groups excluding carboxylic acids is 3.